The molecule has 0 fully saturated rings. The molecule has 0 aliphatic carbocycles. The SMILES string of the molecule is CCCC(C(=O)OCC)N(CC(N)=O)CC(N)=O. The van der Waals surface area contributed by atoms with E-state index in [0.717, 1.165) is 0 Å². The lowest BCUT2D eigenvalue weighted by Gasteiger charge is -2.27. The van der Waals surface area contributed by atoms with Gasteiger partial charge in [0.15, 0.2) is 0 Å². The van der Waals surface area contributed by atoms with E-state index in [4.69, 9.17) is 16.2 Å². The number of rotatable bonds is 9. The van der Waals surface area contributed by atoms with Crippen molar-refractivity contribution in [1.29, 1.82) is 0 Å². The average molecular weight is 259 g/mol. The standard InChI is InChI=1S/C11H21N3O4/c1-3-5-8(11(17)18-4-2)14(6-9(12)15)7-10(13)16/h8H,3-7H2,1-2H3,(H2,12,15)(H2,13,16). The van der Waals surface area contributed by atoms with Crippen LogP contribution in [-0.4, -0.2) is 48.4 Å². The Morgan fingerprint density at radius 2 is 1.61 bits per heavy atom. The minimum absolute atomic E-state index is 0.202. The van der Waals surface area contributed by atoms with Gasteiger partial charge in [-0.15, -0.1) is 0 Å². The lowest BCUT2D eigenvalue weighted by atomic mass is 10.1. The van der Waals surface area contributed by atoms with E-state index in [2.05, 4.69) is 0 Å². The average Bonchev–Trinajstić information content (AvgIpc) is 2.23. The van der Waals surface area contributed by atoms with E-state index < -0.39 is 23.8 Å². The Morgan fingerprint density at radius 3 is 1.94 bits per heavy atom. The summed E-state index contributed by atoms with van der Waals surface area (Å²) in [6.45, 7) is 3.41. The molecule has 0 aliphatic rings. The molecular formula is C11H21N3O4. The minimum atomic E-state index is -0.671. The third kappa shape index (κ3) is 6.19. The highest BCUT2D eigenvalue weighted by molar-refractivity contribution is 5.82. The summed E-state index contributed by atoms with van der Waals surface area (Å²) >= 11 is 0. The van der Waals surface area contributed by atoms with Crippen LogP contribution in [0.2, 0.25) is 0 Å². The van der Waals surface area contributed by atoms with Gasteiger partial charge in [-0.3, -0.25) is 19.3 Å². The fraction of sp³-hybridized carbons (Fsp3) is 0.727. The molecule has 18 heavy (non-hydrogen) atoms. The lowest BCUT2D eigenvalue weighted by Crippen LogP contribution is -2.49. The molecule has 7 nitrogen and oxygen atoms in total. The van der Waals surface area contributed by atoms with Crippen molar-refractivity contribution in [2.45, 2.75) is 32.7 Å². The number of carbonyl (C=O) groups excluding carboxylic acids is 3. The first-order valence-corrected chi connectivity index (χ1v) is 5.89. The van der Waals surface area contributed by atoms with E-state index in [0.29, 0.717) is 12.8 Å². The first-order valence-electron chi connectivity index (χ1n) is 5.89. The highest BCUT2D eigenvalue weighted by atomic mass is 16.5. The lowest BCUT2D eigenvalue weighted by molar-refractivity contribution is -0.150. The molecule has 1 atom stereocenters. The van der Waals surface area contributed by atoms with Crippen LogP contribution in [0.3, 0.4) is 0 Å². The molecule has 0 bridgehead atoms. The molecule has 0 aromatic heterocycles. The molecule has 0 heterocycles. The monoisotopic (exact) mass is 259 g/mol. The molecule has 0 aromatic carbocycles. The molecule has 0 spiro atoms. The van der Waals surface area contributed by atoms with Crippen LogP contribution in [0.5, 0.6) is 0 Å². The van der Waals surface area contributed by atoms with Gasteiger partial charge in [0.05, 0.1) is 19.7 Å². The molecule has 1 unspecified atom stereocenters. The minimum Gasteiger partial charge on any atom is -0.465 e. The summed E-state index contributed by atoms with van der Waals surface area (Å²) in [5, 5.41) is 0. The second-order valence-electron chi connectivity index (χ2n) is 3.89. The van der Waals surface area contributed by atoms with Crippen LogP contribution in [0.1, 0.15) is 26.7 Å². The van der Waals surface area contributed by atoms with Crippen molar-refractivity contribution in [1.82, 2.24) is 4.90 Å². The van der Waals surface area contributed by atoms with Gasteiger partial charge < -0.3 is 16.2 Å². The van der Waals surface area contributed by atoms with E-state index >= 15 is 0 Å². The predicted octanol–water partition coefficient (Wildman–Crippen LogP) is -1.01. The molecule has 0 aliphatic heterocycles. The fourth-order valence-electron chi connectivity index (χ4n) is 1.64. The first-order chi connectivity index (χ1) is 8.42. The molecule has 0 saturated heterocycles. The van der Waals surface area contributed by atoms with Gasteiger partial charge >= 0.3 is 5.97 Å². The second kappa shape index (κ2) is 8.46. The number of ether oxygens (including phenoxy) is 1. The quantitative estimate of drug-likeness (QED) is 0.515. The summed E-state index contributed by atoms with van der Waals surface area (Å²) in [6, 6.07) is -0.671. The maximum Gasteiger partial charge on any atom is 0.323 e. The zero-order valence-corrected chi connectivity index (χ0v) is 10.8. The maximum atomic E-state index is 11.8. The van der Waals surface area contributed by atoms with Crippen LogP contribution in [0.25, 0.3) is 0 Å². The van der Waals surface area contributed by atoms with Gasteiger partial charge in [0, 0.05) is 0 Å². The van der Waals surface area contributed by atoms with Crippen molar-refractivity contribution in [3.05, 3.63) is 0 Å². The number of hydrogen-bond acceptors (Lipinski definition) is 5. The van der Waals surface area contributed by atoms with E-state index in [9.17, 15) is 14.4 Å². The van der Waals surface area contributed by atoms with Crippen molar-refractivity contribution >= 4 is 17.8 Å². The Labute approximate surface area is 106 Å². The molecule has 104 valence electrons. The molecule has 0 aromatic rings. The van der Waals surface area contributed by atoms with Crippen molar-refractivity contribution < 1.29 is 19.1 Å². The number of carbonyl (C=O) groups is 3. The second-order valence-corrected chi connectivity index (χ2v) is 3.89. The van der Waals surface area contributed by atoms with Crippen molar-refractivity contribution in [2.75, 3.05) is 19.7 Å². The molecule has 2 amide bonds. The highest BCUT2D eigenvalue weighted by Gasteiger charge is 2.28. The fourth-order valence-corrected chi connectivity index (χ4v) is 1.64. The van der Waals surface area contributed by atoms with Crippen molar-refractivity contribution in [3.63, 3.8) is 0 Å². The number of primary amides is 2. The molecule has 4 N–H and O–H groups in total. The molecule has 0 rings (SSSR count). The van der Waals surface area contributed by atoms with Gasteiger partial charge in [0.2, 0.25) is 11.8 Å². The molecular weight excluding hydrogens is 238 g/mol. The van der Waals surface area contributed by atoms with Crippen molar-refractivity contribution in [3.8, 4) is 0 Å². The smallest absolute Gasteiger partial charge is 0.323 e. The van der Waals surface area contributed by atoms with Crippen LogP contribution in [0.4, 0.5) is 0 Å². The molecule has 0 radical (unpaired) electrons. The Bertz CT molecular complexity index is 291. The molecule has 7 heteroatoms. The number of nitrogens with two attached hydrogens (primary N) is 2. The van der Waals surface area contributed by atoms with E-state index in [1.54, 1.807) is 6.92 Å². The van der Waals surface area contributed by atoms with Crippen LogP contribution < -0.4 is 11.5 Å². The van der Waals surface area contributed by atoms with E-state index in [-0.39, 0.29) is 19.7 Å². The van der Waals surface area contributed by atoms with Gasteiger partial charge in [0.25, 0.3) is 0 Å². The van der Waals surface area contributed by atoms with E-state index in [1.165, 1.54) is 4.90 Å². The summed E-state index contributed by atoms with van der Waals surface area (Å²) in [6.07, 6.45) is 1.18. The van der Waals surface area contributed by atoms with Crippen molar-refractivity contribution in [2.24, 2.45) is 11.5 Å². The van der Waals surface area contributed by atoms with Crippen LogP contribution in [-0.2, 0) is 19.1 Å². The summed E-state index contributed by atoms with van der Waals surface area (Å²) in [5.41, 5.74) is 10.2. The van der Waals surface area contributed by atoms with E-state index in [1.807, 2.05) is 6.92 Å². The zero-order valence-electron chi connectivity index (χ0n) is 10.8. The Kier molecular flexibility index (Phi) is 7.69. The zero-order chi connectivity index (χ0) is 14.1. The topological polar surface area (TPSA) is 116 Å². The Balaban J connectivity index is 4.87. The maximum absolute atomic E-state index is 11.8. The third-order valence-electron chi connectivity index (χ3n) is 2.28. The van der Waals surface area contributed by atoms with Crippen LogP contribution in [0.15, 0.2) is 0 Å². The first kappa shape index (κ1) is 16.4. The number of hydrogen-bond donors (Lipinski definition) is 2. The highest BCUT2D eigenvalue weighted by Crippen LogP contribution is 2.09. The van der Waals surface area contributed by atoms with Gasteiger partial charge in [-0.25, -0.2) is 0 Å². The summed E-state index contributed by atoms with van der Waals surface area (Å²) < 4.78 is 4.92. The summed E-state index contributed by atoms with van der Waals surface area (Å²) in [7, 11) is 0. The normalized spacial score (nSPS) is 12.2. The number of amides is 2. The van der Waals surface area contributed by atoms with Crippen LogP contribution in [0, 0.1) is 0 Å². The summed E-state index contributed by atoms with van der Waals surface area (Å²) in [4.78, 5) is 35.0. The number of nitrogens with zero attached hydrogens (tertiary/aromatic N) is 1. The van der Waals surface area contributed by atoms with Gasteiger partial charge in [-0.2, -0.15) is 0 Å². The van der Waals surface area contributed by atoms with Gasteiger partial charge in [-0.1, -0.05) is 13.3 Å². The summed E-state index contributed by atoms with van der Waals surface area (Å²) in [5.74, 6) is -1.72. The Morgan fingerprint density at radius 1 is 1.11 bits per heavy atom. The predicted molar refractivity (Wildman–Crippen MR) is 65.3 cm³/mol. The van der Waals surface area contributed by atoms with Gasteiger partial charge in [0.1, 0.15) is 6.04 Å². The van der Waals surface area contributed by atoms with Gasteiger partial charge in [-0.05, 0) is 13.3 Å². The number of esters is 1. The molecule has 0 saturated carbocycles. The third-order valence-corrected chi connectivity index (χ3v) is 2.28. The van der Waals surface area contributed by atoms with Crippen LogP contribution >= 0.6 is 0 Å². The largest absolute Gasteiger partial charge is 0.465 e. The Hall–Kier alpha value is -1.63.